The highest BCUT2D eigenvalue weighted by molar-refractivity contribution is 5.97. The summed E-state index contributed by atoms with van der Waals surface area (Å²) in [4.78, 5) is 14.5. The number of rotatable bonds is 7. The smallest absolute Gasteiger partial charge is 0.248 e. The summed E-state index contributed by atoms with van der Waals surface area (Å²) >= 11 is 0. The molecule has 0 aliphatic rings. The van der Waals surface area contributed by atoms with Gasteiger partial charge in [-0.1, -0.05) is 0 Å². The maximum atomic E-state index is 13.0. The van der Waals surface area contributed by atoms with Crippen molar-refractivity contribution in [1.82, 2.24) is 15.1 Å². The van der Waals surface area contributed by atoms with Gasteiger partial charge in [-0.25, -0.2) is 0 Å². The first-order chi connectivity index (χ1) is 12.0. The molecule has 0 radical (unpaired) electrons. The predicted octanol–water partition coefficient (Wildman–Crippen LogP) is 1.37. The van der Waals surface area contributed by atoms with E-state index in [0.29, 0.717) is 22.9 Å². The molecule has 2 rings (SSSR count). The van der Waals surface area contributed by atoms with Crippen LogP contribution in [0.3, 0.4) is 0 Å². The summed E-state index contributed by atoms with van der Waals surface area (Å²) in [6, 6.07) is 2.95. The topological polar surface area (TPSA) is 77.9 Å². The van der Waals surface area contributed by atoms with Gasteiger partial charge in [0.15, 0.2) is 11.5 Å². The van der Waals surface area contributed by atoms with Crippen LogP contribution in [0.15, 0.2) is 24.5 Å². The number of anilines is 1. The van der Waals surface area contributed by atoms with Gasteiger partial charge in [-0.15, -0.1) is 0 Å². The van der Waals surface area contributed by atoms with Crippen LogP contribution in [-0.2, 0) is 11.8 Å². The van der Waals surface area contributed by atoms with E-state index in [9.17, 15) is 4.79 Å². The lowest BCUT2D eigenvalue weighted by molar-refractivity contribution is -0.120. The Labute approximate surface area is 147 Å². The number of nitrogens with one attached hydrogen (secondary N) is 1. The zero-order chi connectivity index (χ0) is 18.6. The molecule has 0 aliphatic carbocycles. The van der Waals surface area contributed by atoms with E-state index in [4.69, 9.17) is 14.2 Å². The van der Waals surface area contributed by atoms with Crippen molar-refractivity contribution in [3.8, 4) is 17.2 Å². The van der Waals surface area contributed by atoms with Gasteiger partial charge >= 0.3 is 0 Å². The maximum Gasteiger partial charge on any atom is 0.248 e. The summed E-state index contributed by atoms with van der Waals surface area (Å²) in [5.41, 5.74) is 1.41. The van der Waals surface area contributed by atoms with E-state index in [-0.39, 0.29) is 5.91 Å². The molecule has 8 nitrogen and oxygen atoms in total. The zero-order valence-electron chi connectivity index (χ0n) is 15.4. The van der Waals surface area contributed by atoms with Crippen molar-refractivity contribution >= 4 is 11.6 Å². The second-order valence-electron chi connectivity index (χ2n) is 5.45. The van der Waals surface area contributed by atoms with E-state index in [0.717, 1.165) is 5.56 Å². The molecule has 1 atom stereocenters. The predicted molar refractivity (Wildman–Crippen MR) is 94.5 cm³/mol. The van der Waals surface area contributed by atoms with Gasteiger partial charge in [0.1, 0.15) is 6.04 Å². The molecule has 2 aromatic rings. The normalized spacial score (nSPS) is 11.8. The van der Waals surface area contributed by atoms with Crippen LogP contribution in [0.1, 0.15) is 11.6 Å². The third-order valence-corrected chi connectivity index (χ3v) is 3.96. The summed E-state index contributed by atoms with van der Waals surface area (Å²) < 4.78 is 17.7. The van der Waals surface area contributed by atoms with E-state index in [1.165, 1.54) is 21.3 Å². The van der Waals surface area contributed by atoms with Crippen molar-refractivity contribution in [1.29, 1.82) is 0 Å². The average Bonchev–Trinajstić information content (AvgIpc) is 3.06. The van der Waals surface area contributed by atoms with E-state index in [2.05, 4.69) is 10.4 Å². The van der Waals surface area contributed by atoms with Gasteiger partial charge in [0.25, 0.3) is 0 Å². The van der Waals surface area contributed by atoms with Crippen LogP contribution in [0, 0.1) is 0 Å². The van der Waals surface area contributed by atoms with Crippen molar-refractivity contribution < 1.29 is 19.0 Å². The second kappa shape index (κ2) is 7.89. The molecular formula is C17H24N4O4. The minimum absolute atomic E-state index is 0.134. The largest absolute Gasteiger partial charge is 0.493 e. The first-order valence-electron chi connectivity index (χ1n) is 7.70. The zero-order valence-corrected chi connectivity index (χ0v) is 15.4. The number of amides is 1. The fourth-order valence-electron chi connectivity index (χ4n) is 2.60. The van der Waals surface area contributed by atoms with Gasteiger partial charge in [-0.3, -0.25) is 9.48 Å². The Kier molecular flexibility index (Phi) is 5.87. The number of aromatic nitrogens is 2. The number of likely N-dealkylation sites (N-methyl/N-ethyl adjacent to an activating group) is 2. The Morgan fingerprint density at radius 1 is 1.20 bits per heavy atom. The fraction of sp³-hybridized carbons (Fsp3) is 0.412. The fourth-order valence-corrected chi connectivity index (χ4v) is 2.60. The number of hydrogen-bond acceptors (Lipinski definition) is 6. The summed E-state index contributed by atoms with van der Waals surface area (Å²) in [6.45, 7) is 0. The summed E-state index contributed by atoms with van der Waals surface area (Å²) in [5.74, 6) is 1.31. The summed E-state index contributed by atoms with van der Waals surface area (Å²) in [7, 11) is 9.85. The van der Waals surface area contributed by atoms with E-state index >= 15 is 0 Å². The molecule has 0 aliphatic heterocycles. The molecule has 0 spiro atoms. The Hall–Kier alpha value is -2.74. The Morgan fingerprint density at radius 2 is 1.80 bits per heavy atom. The van der Waals surface area contributed by atoms with Crippen molar-refractivity contribution in [2.45, 2.75) is 6.04 Å². The molecular weight excluding hydrogens is 324 g/mol. The molecule has 136 valence electrons. The van der Waals surface area contributed by atoms with Crippen LogP contribution in [0.4, 0.5) is 5.69 Å². The van der Waals surface area contributed by atoms with Gasteiger partial charge in [0.05, 0.1) is 33.2 Å². The van der Waals surface area contributed by atoms with Crippen LogP contribution in [0.5, 0.6) is 17.2 Å². The SMILES string of the molecule is CNC(C(=O)N(C)c1cc(OC)c(OC)c(OC)c1)c1cnn(C)c1. The van der Waals surface area contributed by atoms with E-state index in [1.54, 1.807) is 42.0 Å². The number of benzene rings is 1. The van der Waals surface area contributed by atoms with E-state index in [1.807, 2.05) is 13.2 Å². The van der Waals surface area contributed by atoms with Gasteiger partial charge < -0.3 is 24.4 Å². The number of methoxy groups -OCH3 is 3. The minimum Gasteiger partial charge on any atom is -0.493 e. The molecule has 0 saturated carbocycles. The Morgan fingerprint density at radius 3 is 2.20 bits per heavy atom. The number of hydrogen-bond donors (Lipinski definition) is 1. The van der Waals surface area contributed by atoms with Gasteiger partial charge in [0.2, 0.25) is 11.7 Å². The molecule has 0 bridgehead atoms. The van der Waals surface area contributed by atoms with Crippen LogP contribution in [-0.4, -0.2) is 51.1 Å². The van der Waals surface area contributed by atoms with Crippen LogP contribution in [0.25, 0.3) is 0 Å². The van der Waals surface area contributed by atoms with Crippen molar-refractivity contribution in [3.63, 3.8) is 0 Å². The lowest BCUT2D eigenvalue weighted by Gasteiger charge is -2.24. The lowest BCUT2D eigenvalue weighted by atomic mass is 10.1. The van der Waals surface area contributed by atoms with Crippen LogP contribution >= 0.6 is 0 Å². The molecule has 1 heterocycles. The number of aryl methyl sites for hydroxylation is 1. The monoisotopic (exact) mass is 348 g/mol. The molecule has 1 amide bonds. The van der Waals surface area contributed by atoms with E-state index < -0.39 is 6.04 Å². The Bertz CT molecular complexity index is 719. The number of ether oxygens (including phenoxy) is 3. The third kappa shape index (κ3) is 3.69. The molecule has 1 N–H and O–H groups in total. The van der Waals surface area contributed by atoms with Crippen LogP contribution in [0.2, 0.25) is 0 Å². The standard InChI is InChI=1S/C17H24N4O4/c1-18-15(11-9-19-20(2)10-11)17(22)21(3)12-7-13(23-4)16(25-6)14(8-12)24-5/h7-10,15,18H,1-6H3. The molecule has 1 unspecified atom stereocenters. The number of carbonyl (C=O) groups is 1. The van der Waals surface area contributed by atoms with Gasteiger partial charge in [-0.05, 0) is 7.05 Å². The summed E-state index contributed by atoms with van der Waals surface area (Å²) in [5, 5.41) is 7.16. The number of carbonyl (C=O) groups excluding carboxylic acids is 1. The molecule has 25 heavy (non-hydrogen) atoms. The molecule has 1 aromatic carbocycles. The highest BCUT2D eigenvalue weighted by Gasteiger charge is 2.26. The molecule has 0 saturated heterocycles. The van der Waals surface area contributed by atoms with Crippen molar-refractivity contribution in [3.05, 3.63) is 30.1 Å². The lowest BCUT2D eigenvalue weighted by Crippen LogP contribution is -2.37. The first-order valence-corrected chi connectivity index (χ1v) is 7.70. The van der Waals surface area contributed by atoms with Crippen molar-refractivity contribution in [2.24, 2.45) is 7.05 Å². The Balaban J connectivity index is 2.38. The molecule has 0 fully saturated rings. The minimum atomic E-state index is -0.516. The van der Waals surface area contributed by atoms with Gasteiger partial charge in [0, 0.05) is 38.0 Å². The van der Waals surface area contributed by atoms with Crippen molar-refractivity contribution in [2.75, 3.05) is 40.3 Å². The number of nitrogens with zero attached hydrogens (tertiary/aromatic N) is 3. The van der Waals surface area contributed by atoms with Crippen LogP contribution < -0.4 is 24.4 Å². The highest BCUT2D eigenvalue weighted by Crippen LogP contribution is 2.41. The summed E-state index contributed by atoms with van der Waals surface area (Å²) in [6.07, 6.45) is 3.48. The molecule has 8 heteroatoms. The maximum absolute atomic E-state index is 13.0. The third-order valence-electron chi connectivity index (χ3n) is 3.96. The first kappa shape index (κ1) is 18.6. The van der Waals surface area contributed by atoms with Gasteiger partial charge in [-0.2, -0.15) is 5.10 Å². The quantitative estimate of drug-likeness (QED) is 0.814. The second-order valence-corrected chi connectivity index (χ2v) is 5.45. The molecule has 1 aromatic heterocycles. The highest BCUT2D eigenvalue weighted by atomic mass is 16.5. The average molecular weight is 348 g/mol.